The van der Waals surface area contributed by atoms with Crippen LogP contribution in [0, 0.1) is 10.1 Å². The first-order chi connectivity index (χ1) is 15.1. The zero-order chi connectivity index (χ0) is 21.6. The van der Waals surface area contributed by atoms with E-state index in [9.17, 15) is 14.9 Å². The molecule has 4 rings (SSSR count). The highest BCUT2D eigenvalue weighted by Gasteiger charge is 2.17. The van der Waals surface area contributed by atoms with Crippen LogP contribution in [-0.2, 0) is 4.79 Å². The van der Waals surface area contributed by atoms with E-state index in [1.54, 1.807) is 42.5 Å². The van der Waals surface area contributed by atoms with Gasteiger partial charge >= 0.3 is 5.97 Å². The van der Waals surface area contributed by atoms with Crippen molar-refractivity contribution in [1.29, 1.82) is 0 Å². The molecule has 0 heterocycles. The van der Waals surface area contributed by atoms with Gasteiger partial charge in [0.25, 0.3) is 5.69 Å². The van der Waals surface area contributed by atoms with Crippen molar-refractivity contribution in [3.8, 4) is 11.5 Å². The van der Waals surface area contributed by atoms with Gasteiger partial charge in [-0.15, -0.1) is 0 Å². The number of para-hydroxylation sites is 2. The average Bonchev–Trinajstić information content (AvgIpc) is 2.80. The number of carbonyl (C=O) groups excluding carboxylic acids is 1. The molecule has 0 N–H and O–H groups in total. The van der Waals surface area contributed by atoms with Crippen LogP contribution in [0.15, 0.2) is 101 Å². The second-order valence-corrected chi connectivity index (χ2v) is 7.59. The van der Waals surface area contributed by atoms with Crippen LogP contribution >= 0.6 is 11.8 Å². The SMILES string of the molecule is O=C(COc1ccccc1)Oc1ccc(Sc2ccccc2[N+](=O)[O-])c2ccccc12. The fraction of sp³-hybridized carbons (Fsp3) is 0.0417. The number of hydrogen-bond donors (Lipinski definition) is 0. The molecule has 0 saturated heterocycles. The van der Waals surface area contributed by atoms with E-state index in [4.69, 9.17) is 9.47 Å². The number of nitro benzene ring substituents is 1. The Morgan fingerprint density at radius 1 is 0.806 bits per heavy atom. The molecule has 0 fully saturated rings. The molecule has 154 valence electrons. The Labute approximate surface area is 182 Å². The summed E-state index contributed by atoms with van der Waals surface area (Å²) in [7, 11) is 0. The summed E-state index contributed by atoms with van der Waals surface area (Å²) in [5, 5.41) is 12.9. The fourth-order valence-electron chi connectivity index (χ4n) is 3.05. The third-order valence-corrected chi connectivity index (χ3v) is 5.59. The van der Waals surface area contributed by atoms with E-state index in [1.807, 2.05) is 42.5 Å². The van der Waals surface area contributed by atoms with Crippen LogP contribution in [0.3, 0.4) is 0 Å². The lowest BCUT2D eigenvalue weighted by Gasteiger charge is -2.12. The number of ether oxygens (including phenoxy) is 2. The quantitative estimate of drug-likeness (QED) is 0.157. The number of benzene rings is 4. The number of nitro groups is 1. The van der Waals surface area contributed by atoms with E-state index in [-0.39, 0.29) is 12.3 Å². The molecule has 0 aromatic heterocycles. The molecule has 4 aromatic rings. The summed E-state index contributed by atoms with van der Waals surface area (Å²) >= 11 is 1.30. The van der Waals surface area contributed by atoms with Gasteiger partial charge in [0, 0.05) is 16.3 Å². The molecular formula is C24H17NO5S. The minimum atomic E-state index is -0.520. The Morgan fingerprint density at radius 2 is 1.48 bits per heavy atom. The van der Waals surface area contributed by atoms with E-state index in [0.717, 1.165) is 15.7 Å². The second-order valence-electron chi connectivity index (χ2n) is 6.51. The van der Waals surface area contributed by atoms with Crippen molar-refractivity contribution >= 4 is 34.2 Å². The lowest BCUT2D eigenvalue weighted by atomic mass is 10.1. The van der Waals surface area contributed by atoms with Crippen LogP contribution in [-0.4, -0.2) is 17.5 Å². The summed E-state index contributed by atoms with van der Waals surface area (Å²) in [5.74, 6) is 0.470. The number of fused-ring (bicyclic) bond motifs is 1. The van der Waals surface area contributed by atoms with Crippen LogP contribution in [0.2, 0.25) is 0 Å². The largest absolute Gasteiger partial charge is 0.482 e. The smallest absolute Gasteiger partial charge is 0.349 e. The molecule has 0 amide bonds. The zero-order valence-electron chi connectivity index (χ0n) is 16.3. The molecule has 0 bridgehead atoms. The van der Waals surface area contributed by atoms with E-state index < -0.39 is 10.9 Å². The van der Waals surface area contributed by atoms with Gasteiger partial charge in [-0.1, -0.05) is 66.4 Å². The number of carbonyl (C=O) groups is 1. The van der Waals surface area contributed by atoms with E-state index in [2.05, 4.69) is 0 Å². The maximum absolute atomic E-state index is 12.3. The topological polar surface area (TPSA) is 78.7 Å². The number of esters is 1. The molecule has 0 spiro atoms. The van der Waals surface area contributed by atoms with Gasteiger partial charge in [-0.2, -0.15) is 0 Å². The van der Waals surface area contributed by atoms with Gasteiger partial charge in [-0.25, -0.2) is 4.79 Å². The van der Waals surface area contributed by atoms with Crippen LogP contribution in [0.25, 0.3) is 10.8 Å². The summed E-state index contributed by atoms with van der Waals surface area (Å²) in [6.07, 6.45) is 0. The number of hydrogen-bond acceptors (Lipinski definition) is 6. The monoisotopic (exact) mass is 431 g/mol. The van der Waals surface area contributed by atoms with Gasteiger partial charge in [0.2, 0.25) is 0 Å². The highest BCUT2D eigenvalue weighted by molar-refractivity contribution is 7.99. The lowest BCUT2D eigenvalue weighted by Crippen LogP contribution is -2.17. The Balaban J connectivity index is 1.57. The van der Waals surface area contributed by atoms with Gasteiger partial charge in [-0.05, 0) is 35.7 Å². The second kappa shape index (κ2) is 9.32. The minimum Gasteiger partial charge on any atom is -0.482 e. The predicted octanol–water partition coefficient (Wildman–Crippen LogP) is 5.88. The van der Waals surface area contributed by atoms with Crippen molar-refractivity contribution in [2.45, 2.75) is 9.79 Å². The number of rotatable bonds is 7. The summed E-state index contributed by atoms with van der Waals surface area (Å²) in [5.41, 5.74) is 0.0464. The van der Waals surface area contributed by atoms with Crippen LogP contribution in [0.5, 0.6) is 11.5 Å². The van der Waals surface area contributed by atoms with Gasteiger partial charge in [0.1, 0.15) is 11.5 Å². The van der Waals surface area contributed by atoms with Gasteiger partial charge in [0.15, 0.2) is 6.61 Å². The van der Waals surface area contributed by atoms with Gasteiger partial charge < -0.3 is 9.47 Å². The molecule has 0 saturated carbocycles. The van der Waals surface area contributed by atoms with E-state index >= 15 is 0 Å². The number of nitrogens with zero attached hydrogens (tertiary/aromatic N) is 1. The Morgan fingerprint density at radius 3 is 2.26 bits per heavy atom. The van der Waals surface area contributed by atoms with E-state index in [1.165, 1.54) is 17.8 Å². The van der Waals surface area contributed by atoms with Crippen molar-refractivity contribution in [2.24, 2.45) is 0 Å². The highest BCUT2D eigenvalue weighted by Crippen LogP contribution is 2.40. The highest BCUT2D eigenvalue weighted by atomic mass is 32.2. The van der Waals surface area contributed by atoms with Crippen molar-refractivity contribution in [1.82, 2.24) is 0 Å². The van der Waals surface area contributed by atoms with Gasteiger partial charge in [-0.3, -0.25) is 10.1 Å². The molecule has 7 heteroatoms. The van der Waals surface area contributed by atoms with Crippen molar-refractivity contribution in [2.75, 3.05) is 6.61 Å². The lowest BCUT2D eigenvalue weighted by molar-refractivity contribution is -0.387. The molecule has 0 radical (unpaired) electrons. The third kappa shape index (κ3) is 4.84. The minimum absolute atomic E-state index is 0.0464. The first-order valence-electron chi connectivity index (χ1n) is 9.43. The standard InChI is InChI=1S/C24H17NO5S/c26-24(16-29-17-8-2-1-3-9-17)30-21-14-15-22(19-11-5-4-10-18(19)21)31-23-13-7-6-12-20(23)25(27)28/h1-15H,16H2. The zero-order valence-corrected chi connectivity index (χ0v) is 17.1. The first kappa shape index (κ1) is 20.4. The van der Waals surface area contributed by atoms with Crippen LogP contribution in [0.4, 0.5) is 5.69 Å². The Kier molecular flexibility index (Phi) is 6.14. The summed E-state index contributed by atoms with van der Waals surface area (Å²) in [6, 6.07) is 26.6. The molecule has 0 atom stereocenters. The normalized spacial score (nSPS) is 10.6. The summed E-state index contributed by atoms with van der Waals surface area (Å²) in [6.45, 7) is -0.217. The van der Waals surface area contributed by atoms with Crippen molar-refractivity contribution in [3.63, 3.8) is 0 Å². The molecule has 31 heavy (non-hydrogen) atoms. The molecule has 6 nitrogen and oxygen atoms in total. The third-order valence-electron chi connectivity index (χ3n) is 4.45. The molecule has 0 aliphatic carbocycles. The van der Waals surface area contributed by atoms with E-state index in [0.29, 0.717) is 16.4 Å². The molecule has 0 unspecified atom stereocenters. The molecule has 0 aliphatic heterocycles. The Hall–Kier alpha value is -3.84. The molecule has 0 aliphatic rings. The fourth-order valence-corrected chi connectivity index (χ4v) is 4.10. The molecule has 4 aromatic carbocycles. The van der Waals surface area contributed by atoms with Crippen molar-refractivity contribution < 1.29 is 19.2 Å². The summed E-state index contributed by atoms with van der Waals surface area (Å²) in [4.78, 5) is 24.6. The maximum atomic E-state index is 12.3. The predicted molar refractivity (Wildman–Crippen MR) is 119 cm³/mol. The molecular weight excluding hydrogens is 414 g/mol. The first-order valence-corrected chi connectivity index (χ1v) is 10.2. The van der Waals surface area contributed by atoms with Crippen LogP contribution in [0.1, 0.15) is 0 Å². The van der Waals surface area contributed by atoms with Gasteiger partial charge in [0.05, 0.1) is 9.82 Å². The Bertz CT molecular complexity index is 1240. The summed E-state index contributed by atoms with van der Waals surface area (Å²) < 4.78 is 11.0. The van der Waals surface area contributed by atoms with Crippen molar-refractivity contribution in [3.05, 3.63) is 101 Å². The average molecular weight is 431 g/mol. The van der Waals surface area contributed by atoms with Crippen LogP contribution < -0.4 is 9.47 Å². The maximum Gasteiger partial charge on any atom is 0.349 e.